The van der Waals surface area contributed by atoms with Crippen molar-refractivity contribution in [3.63, 3.8) is 0 Å². The summed E-state index contributed by atoms with van der Waals surface area (Å²) in [5.74, 6) is 0. The minimum absolute atomic E-state index is 0.0325. The van der Waals surface area contributed by atoms with Crippen molar-refractivity contribution in [1.82, 2.24) is 4.31 Å². The summed E-state index contributed by atoms with van der Waals surface area (Å²) in [6.07, 6.45) is 2.79. The minimum atomic E-state index is -3.58. The third kappa shape index (κ3) is 2.51. The molecule has 0 spiro atoms. The van der Waals surface area contributed by atoms with Gasteiger partial charge in [-0.05, 0) is 31.0 Å². The number of rotatable bonds is 2. The van der Waals surface area contributed by atoms with E-state index in [2.05, 4.69) is 0 Å². The van der Waals surface area contributed by atoms with Crippen molar-refractivity contribution in [1.29, 1.82) is 5.26 Å². The van der Waals surface area contributed by atoms with Crippen LogP contribution in [-0.2, 0) is 10.0 Å². The molecule has 0 aliphatic carbocycles. The van der Waals surface area contributed by atoms with E-state index in [0.29, 0.717) is 18.7 Å². The van der Waals surface area contributed by atoms with Crippen LogP contribution in [0.25, 0.3) is 0 Å². The molecular formula is C12H13ClN2O2S. The highest BCUT2D eigenvalue weighted by Crippen LogP contribution is 2.27. The van der Waals surface area contributed by atoms with E-state index in [-0.39, 0.29) is 9.92 Å². The van der Waals surface area contributed by atoms with Gasteiger partial charge in [-0.2, -0.15) is 9.57 Å². The van der Waals surface area contributed by atoms with Crippen molar-refractivity contribution in [3.8, 4) is 6.07 Å². The Kier molecular flexibility index (Phi) is 3.91. The van der Waals surface area contributed by atoms with Gasteiger partial charge in [-0.25, -0.2) is 8.42 Å². The predicted octanol–water partition coefficient (Wildman–Crippen LogP) is 2.39. The molecule has 0 saturated carbocycles. The molecule has 18 heavy (non-hydrogen) atoms. The largest absolute Gasteiger partial charge is 0.244 e. The molecule has 6 heteroatoms. The van der Waals surface area contributed by atoms with E-state index in [1.807, 2.05) is 6.07 Å². The lowest BCUT2D eigenvalue weighted by molar-refractivity contribution is 0.346. The maximum atomic E-state index is 12.4. The highest BCUT2D eigenvalue weighted by atomic mass is 35.5. The molecule has 1 aliphatic rings. The molecule has 0 aromatic heterocycles. The molecule has 1 aromatic rings. The van der Waals surface area contributed by atoms with Gasteiger partial charge in [0.2, 0.25) is 10.0 Å². The summed E-state index contributed by atoms with van der Waals surface area (Å²) in [7, 11) is -3.58. The van der Waals surface area contributed by atoms with Gasteiger partial charge in [0.25, 0.3) is 0 Å². The highest BCUT2D eigenvalue weighted by Gasteiger charge is 2.28. The summed E-state index contributed by atoms with van der Waals surface area (Å²) >= 11 is 5.94. The normalized spacial score (nSPS) is 17.3. The number of nitriles is 1. The van der Waals surface area contributed by atoms with E-state index in [4.69, 9.17) is 16.9 Å². The highest BCUT2D eigenvalue weighted by molar-refractivity contribution is 7.89. The molecule has 2 rings (SSSR count). The van der Waals surface area contributed by atoms with Crippen molar-refractivity contribution in [2.45, 2.75) is 24.2 Å². The lowest BCUT2D eigenvalue weighted by Gasteiger charge is -2.26. The van der Waals surface area contributed by atoms with Gasteiger partial charge in [-0.1, -0.05) is 18.0 Å². The summed E-state index contributed by atoms with van der Waals surface area (Å²) in [5, 5.41) is 8.99. The van der Waals surface area contributed by atoms with Crippen molar-refractivity contribution in [2.24, 2.45) is 0 Å². The van der Waals surface area contributed by atoms with Crippen LogP contribution in [0.2, 0.25) is 5.02 Å². The number of halogens is 1. The van der Waals surface area contributed by atoms with Crippen LogP contribution in [0.4, 0.5) is 0 Å². The van der Waals surface area contributed by atoms with Crippen LogP contribution >= 0.6 is 11.6 Å². The van der Waals surface area contributed by atoms with Crippen LogP contribution in [-0.4, -0.2) is 25.8 Å². The van der Waals surface area contributed by atoms with Gasteiger partial charge in [-0.15, -0.1) is 0 Å². The molecule has 0 bridgehead atoms. The molecule has 4 nitrogen and oxygen atoms in total. The summed E-state index contributed by atoms with van der Waals surface area (Å²) < 4.78 is 26.3. The van der Waals surface area contributed by atoms with Crippen molar-refractivity contribution >= 4 is 21.6 Å². The third-order valence-corrected chi connectivity index (χ3v) is 5.37. The fourth-order valence-corrected chi connectivity index (χ4v) is 4.03. The SMILES string of the molecule is N#Cc1ccc(Cl)c(S(=O)(=O)N2CCCCC2)c1. The lowest BCUT2D eigenvalue weighted by atomic mass is 10.2. The van der Waals surface area contributed by atoms with Crippen LogP contribution < -0.4 is 0 Å². The van der Waals surface area contributed by atoms with Gasteiger partial charge in [0.15, 0.2) is 0 Å². The Balaban J connectivity index is 2.43. The summed E-state index contributed by atoms with van der Waals surface area (Å²) in [4.78, 5) is 0.0325. The van der Waals surface area contributed by atoms with E-state index >= 15 is 0 Å². The van der Waals surface area contributed by atoms with Gasteiger partial charge >= 0.3 is 0 Å². The Labute approximate surface area is 112 Å². The summed E-state index contributed by atoms with van der Waals surface area (Å²) in [6, 6.07) is 6.23. The van der Waals surface area contributed by atoms with Crippen molar-refractivity contribution in [2.75, 3.05) is 13.1 Å². The molecule has 0 unspecified atom stereocenters. The standard InChI is InChI=1S/C12H13ClN2O2S/c13-11-5-4-10(9-14)8-12(11)18(16,17)15-6-2-1-3-7-15/h4-5,8H,1-3,6-7H2. The first-order valence-electron chi connectivity index (χ1n) is 5.75. The van der Waals surface area contributed by atoms with Gasteiger partial charge in [0, 0.05) is 13.1 Å². The van der Waals surface area contributed by atoms with Gasteiger partial charge in [0.05, 0.1) is 16.7 Å². The smallest absolute Gasteiger partial charge is 0.207 e. The zero-order chi connectivity index (χ0) is 13.2. The number of nitrogens with zero attached hydrogens (tertiary/aromatic N) is 2. The first-order chi connectivity index (χ1) is 8.55. The maximum Gasteiger partial charge on any atom is 0.244 e. The molecule has 1 aliphatic heterocycles. The Morgan fingerprint density at radius 2 is 1.89 bits per heavy atom. The van der Waals surface area contributed by atoms with Crippen LogP contribution in [0.1, 0.15) is 24.8 Å². The zero-order valence-corrected chi connectivity index (χ0v) is 11.3. The van der Waals surface area contributed by atoms with Gasteiger partial charge in [-0.3, -0.25) is 0 Å². The fourth-order valence-electron chi connectivity index (χ4n) is 2.01. The minimum Gasteiger partial charge on any atom is -0.207 e. The molecule has 1 heterocycles. The summed E-state index contributed by atoms with van der Waals surface area (Å²) in [5.41, 5.74) is 0.301. The number of sulfonamides is 1. The van der Waals surface area contributed by atoms with Crippen LogP contribution in [0, 0.1) is 11.3 Å². The van der Waals surface area contributed by atoms with Crippen LogP contribution in [0.15, 0.2) is 23.1 Å². The zero-order valence-electron chi connectivity index (χ0n) is 9.76. The number of hydrogen-bond acceptors (Lipinski definition) is 3. The lowest BCUT2D eigenvalue weighted by Crippen LogP contribution is -2.35. The molecule has 0 N–H and O–H groups in total. The summed E-state index contributed by atoms with van der Waals surface area (Å²) in [6.45, 7) is 1.05. The second kappa shape index (κ2) is 5.27. The van der Waals surface area contributed by atoms with E-state index in [9.17, 15) is 8.42 Å². The second-order valence-electron chi connectivity index (χ2n) is 4.22. The predicted molar refractivity (Wildman–Crippen MR) is 68.8 cm³/mol. The van der Waals surface area contributed by atoms with Crippen molar-refractivity contribution in [3.05, 3.63) is 28.8 Å². The monoisotopic (exact) mass is 284 g/mol. The Morgan fingerprint density at radius 3 is 2.50 bits per heavy atom. The first-order valence-corrected chi connectivity index (χ1v) is 7.57. The molecule has 1 aromatic carbocycles. The maximum absolute atomic E-state index is 12.4. The molecule has 0 atom stereocenters. The average molecular weight is 285 g/mol. The van der Waals surface area contributed by atoms with E-state index in [0.717, 1.165) is 19.3 Å². The average Bonchev–Trinajstić information content (AvgIpc) is 2.40. The molecule has 1 fully saturated rings. The molecule has 0 amide bonds. The van der Waals surface area contributed by atoms with Crippen LogP contribution in [0.5, 0.6) is 0 Å². The quantitative estimate of drug-likeness (QED) is 0.838. The molecule has 96 valence electrons. The first kappa shape index (κ1) is 13.3. The van der Waals surface area contributed by atoms with Gasteiger partial charge < -0.3 is 0 Å². The van der Waals surface area contributed by atoms with E-state index < -0.39 is 10.0 Å². The van der Waals surface area contributed by atoms with Crippen LogP contribution in [0.3, 0.4) is 0 Å². The third-order valence-electron chi connectivity index (χ3n) is 2.99. The second-order valence-corrected chi connectivity index (χ2v) is 6.54. The Bertz CT molecular complexity index is 587. The van der Waals surface area contributed by atoms with E-state index in [1.165, 1.54) is 22.5 Å². The number of piperidine rings is 1. The molecule has 0 radical (unpaired) electrons. The van der Waals surface area contributed by atoms with E-state index in [1.54, 1.807) is 0 Å². The molecule has 1 saturated heterocycles. The van der Waals surface area contributed by atoms with Crippen molar-refractivity contribution < 1.29 is 8.42 Å². The van der Waals surface area contributed by atoms with Gasteiger partial charge in [0.1, 0.15) is 4.90 Å². The topological polar surface area (TPSA) is 61.2 Å². The number of benzene rings is 1. The number of hydrogen-bond donors (Lipinski definition) is 0. The molecular weight excluding hydrogens is 272 g/mol. The fraction of sp³-hybridized carbons (Fsp3) is 0.417. The Hall–Kier alpha value is -1.09. The Morgan fingerprint density at radius 1 is 1.22 bits per heavy atom.